The number of hydrogen-bond acceptors (Lipinski definition) is 8. The lowest BCUT2D eigenvalue weighted by molar-refractivity contribution is 0.0713. The zero-order valence-corrected chi connectivity index (χ0v) is 25.5. The molecule has 0 unspecified atom stereocenters. The van der Waals surface area contributed by atoms with E-state index in [1.54, 1.807) is 11.1 Å². The zero-order chi connectivity index (χ0) is 29.8. The second-order valence-electron chi connectivity index (χ2n) is 12.0. The van der Waals surface area contributed by atoms with Crippen molar-refractivity contribution >= 4 is 21.7 Å². The first-order valence-corrected chi connectivity index (χ1v) is 16.3. The van der Waals surface area contributed by atoms with E-state index in [4.69, 9.17) is 4.74 Å². The molecule has 0 radical (unpaired) electrons. The van der Waals surface area contributed by atoms with Crippen LogP contribution in [0.1, 0.15) is 63.7 Å². The molecular weight excluding hydrogens is 547 g/mol. The summed E-state index contributed by atoms with van der Waals surface area (Å²) >= 11 is 0. The molecule has 1 aliphatic carbocycles. The lowest BCUT2D eigenvalue weighted by Gasteiger charge is -2.49. The maximum absolute atomic E-state index is 14.2. The number of nitrogens with one attached hydrogen (secondary N) is 2. The molecular formula is C29H43FN6O4S. The first kappa shape index (κ1) is 31.1. The number of carbonyl (C=O) groups excluding carboxylic acids is 1. The Balaban J connectivity index is 1.34. The van der Waals surface area contributed by atoms with Crippen molar-refractivity contribution in [3.63, 3.8) is 0 Å². The summed E-state index contributed by atoms with van der Waals surface area (Å²) in [6.45, 7) is 11.8. The van der Waals surface area contributed by atoms with Crippen LogP contribution in [0.15, 0.2) is 30.7 Å². The Morgan fingerprint density at radius 2 is 1.93 bits per heavy atom. The average molecular weight is 591 g/mol. The molecule has 2 heterocycles. The first-order valence-electron chi connectivity index (χ1n) is 14.4. The third-order valence-electron chi connectivity index (χ3n) is 7.93. The van der Waals surface area contributed by atoms with Crippen LogP contribution in [0, 0.1) is 17.2 Å². The number of rotatable bonds is 12. The fourth-order valence-corrected chi connectivity index (χ4v) is 6.74. The molecule has 1 aliphatic heterocycles. The van der Waals surface area contributed by atoms with Gasteiger partial charge in [-0.25, -0.2) is 27.5 Å². The Bertz CT molecular complexity index is 1310. The van der Waals surface area contributed by atoms with Gasteiger partial charge in [0.25, 0.3) is 5.91 Å². The molecule has 10 nitrogen and oxygen atoms in total. The number of anilines is 1. The van der Waals surface area contributed by atoms with Gasteiger partial charge in [0.15, 0.2) is 11.6 Å². The molecule has 2 N–H and O–H groups in total. The molecule has 0 spiro atoms. The van der Waals surface area contributed by atoms with E-state index in [1.165, 1.54) is 30.8 Å². The standard InChI is InChI=1S/C29H43FN6O4S/c1-6-36(20(2)3)28(37)24-13-22(30)9-12-25(24)40-26-15-32-19-33-27(26)35-17-29(4,18-35)16-31-14-21-7-10-23(11-8-21)34-41(5,38)39/h9,12-13,15,19-21,23,31,34H,6-8,10-11,14,16-18H2,1-5H3. The van der Waals surface area contributed by atoms with Gasteiger partial charge >= 0.3 is 0 Å². The molecule has 41 heavy (non-hydrogen) atoms. The van der Waals surface area contributed by atoms with Crippen molar-refractivity contribution in [1.29, 1.82) is 0 Å². The molecule has 1 saturated carbocycles. The van der Waals surface area contributed by atoms with E-state index in [-0.39, 0.29) is 34.7 Å². The van der Waals surface area contributed by atoms with Crippen LogP contribution in [-0.2, 0) is 10.0 Å². The highest BCUT2D eigenvalue weighted by Gasteiger charge is 2.40. The van der Waals surface area contributed by atoms with Crippen LogP contribution >= 0.6 is 0 Å². The Labute approximate surface area is 243 Å². The van der Waals surface area contributed by atoms with Crippen molar-refractivity contribution in [2.24, 2.45) is 11.3 Å². The van der Waals surface area contributed by atoms with Gasteiger partial charge in [-0.2, -0.15) is 0 Å². The molecule has 226 valence electrons. The van der Waals surface area contributed by atoms with Crippen molar-refractivity contribution in [3.05, 3.63) is 42.1 Å². The van der Waals surface area contributed by atoms with Crippen LogP contribution in [0.2, 0.25) is 0 Å². The van der Waals surface area contributed by atoms with Gasteiger partial charge in [0.05, 0.1) is 18.0 Å². The van der Waals surface area contributed by atoms with Gasteiger partial charge in [0.1, 0.15) is 17.9 Å². The van der Waals surface area contributed by atoms with E-state index >= 15 is 0 Å². The smallest absolute Gasteiger partial charge is 0.257 e. The van der Waals surface area contributed by atoms with Crippen molar-refractivity contribution < 1.29 is 22.3 Å². The van der Waals surface area contributed by atoms with Crippen molar-refractivity contribution in [3.8, 4) is 11.5 Å². The second kappa shape index (κ2) is 13.0. The molecule has 1 amide bonds. The highest BCUT2D eigenvalue weighted by molar-refractivity contribution is 7.88. The highest BCUT2D eigenvalue weighted by Crippen LogP contribution is 2.39. The number of benzene rings is 1. The summed E-state index contributed by atoms with van der Waals surface area (Å²) in [5.74, 6) is 1.05. The second-order valence-corrected chi connectivity index (χ2v) is 13.8. The van der Waals surface area contributed by atoms with E-state index < -0.39 is 15.8 Å². The molecule has 1 aromatic carbocycles. The van der Waals surface area contributed by atoms with Gasteiger partial charge in [-0.15, -0.1) is 0 Å². The SMILES string of the molecule is CCN(C(=O)c1cc(F)ccc1Oc1cncnc1N1CC(C)(CNCC2CCC(NS(C)(=O)=O)CC2)C1)C(C)C. The van der Waals surface area contributed by atoms with E-state index in [2.05, 4.69) is 31.8 Å². The topological polar surface area (TPSA) is 117 Å². The Morgan fingerprint density at radius 1 is 1.22 bits per heavy atom. The first-order chi connectivity index (χ1) is 19.4. The molecule has 1 aromatic heterocycles. The summed E-state index contributed by atoms with van der Waals surface area (Å²) in [6.07, 6.45) is 8.01. The number of sulfonamides is 1. The van der Waals surface area contributed by atoms with Crippen LogP contribution < -0.4 is 19.7 Å². The molecule has 1 saturated heterocycles. The lowest BCUT2D eigenvalue weighted by Crippen LogP contribution is -2.59. The van der Waals surface area contributed by atoms with E-state index in [0.29, 0.717) is 24.0 Å². The summed E-state index contributed by atoms with van der Waals surface area (Å²) in [6, 6.07) is 3.98. The summed E-state index contributed by atoms with van der Waals surface area (Å²) in [7, 11) is -3.16. The van der Waals surface area contributed by atoms with E-state index in [9.17, 15) is 17.6 Å². The van der Waals surface area contributed by atoms with Gasteiger partial charge in [-0.3, -0.25) is 4.79 Å². The summed E-state index contributed by atoms with van der Waals surface area (Å²) in [5.41, 5.74) is 0.210. The maximum atomic E-state index is 14.2. The van der Waals surface area contributed by atoms with E-state index in [1.807, 2.05) is 20.8 Å². The molecule has 2 fully saturated rings. The Hall–Kier alpha value is -2.83. The minimum atomic E-state index is -3.16. The third-order valence-corrected chi connectivity index (χ3v) is 8.69. The number of ether oxygens (including phenoxy) is 1. The van der Waals surface area contributed by atoms with Gasteiger partial charge in [-0.05, 0) is 77.1 Å². The minimum absolute atomic E-state index is 0.0430. The van der Waals surface area contributed by atoms with Crippen molar-refractivity contribution in [1.82, 2.24) is 24.9 Å². The van der Waals surface area contributed by atoms with Crippen LogP contribution in [0.5, 0.6) is 11.5 Å². The summed E-state index contributed by atoms with van der Waals surface area (Å²) in [4.78, 5) is 25.6. The Kier molecular flexibility index (Phi) is 9.86. The fourth-order valence-electron chi connectivity index (χ4n) is 5.90. The largest absolute Gasteiger partial charge is 0.451 e. The van der Waals surface area contributed by atoms with Gasteiger partial charge in [0.2, 0.25) is 10.0 Å². The van der Waals surface area contributed by atoms with Crippen LogP contribution in [0.25, 0.3) is 0 Å². The Morgan fingerprint density at radius 3 is 2.56 bits per heavy atom. The average Bonchev–Trinajstić information content (AvgIpc) is 2.89. The molecule has 2 aromatic rings. The number of carbonyl (C=O) groups is 1. The van der Waals surface area contributed by atoms with E-state index in [0.717, 1.165) is 51.9 Å². The van der Waals surface area contributed by atoms with Gasteiger partial charge in [0, 0.05) is 43.7 Å². The van der Waals surface area contributed by atoms with Crippen LogP contribution in [-0.4, -0.2) is 80.3 Å². The molecule has 2 aliphatic rings. The normalized spacial score (nSPS) is 20.5. The highest BCUT2D eigenvalue weighted by atomic mass is 32.2. The van der Waals surface area contributed by atoms with Crippen LogP contribution in [0.4, 0.5) is 10.2 Å². The predicted octanol–water partition coefficient (Wildman–Crippen LogP) is 3.80. The monoisotopic (exact) mass is 590 g/mol. The van der Waals surface area contributed by atoms with Crippen molar-refractivity contribution in [2.75, 3.05) is 43.9 Å². The van der Waals surface area contributed by atoms with Gasteiger partial charge < -0.3 is 19.9 Å². The number of aromatic nitrogens is 2. The molecule has 12 heteroatoms. The minimum Gasteiger partial charge on any atom is -0.451 e. The summed E-state index contributed by atoms with van der Waals surface area (Å²) < 4.78 is 46.1. The maximum Gasteiger partial charge on any atom is 0.257 e. The summed E-state index contributed by atoms with van der Waals surface area (Å²) in [5, 5.41) is 3.63. The number of halogens is 1. The number of nitrogens with zero attached hydrogens (tertiary/aromatic N) is 4. The zero-order valence-electron chi connectivity index (χ0n) is 24.7. The third kappa shape index (κ3) is 8.14. The predicted molar refractivity (Wildman–Crippen MR) is 157 cm³/mol. The molecule has 0 atom stereocenters. The quantitative estimate of drug-likeness (QED) is 0.384. The number of hydrogen-bond donors (Lipinski definition) is 2. The van der Waals surface area contributed by atoms with Crippen LogP contribution in [0.3, 0.4) is 0 Å². The molecule has 4 rings (SSSR count). The van der Waals surface area contributed by atoms with Crippen molar-refractivity contribution in [2.45, 2.75) is 65.5 Å². The fraction of sp³-hybridized carbons (Fsp3) is 0.621. The number of amides is 1. The lowest BCUT2D eigenvalue weighted by atomic mass is 9.81. The molecule has 0 bridgehead atoms. The van der Waals surface area contributed by atoms with Gasteiger partial charge in [-0.1, -0.05) is 6.92 Å².